The van der Waals surface area contributed by atoms with E-state index in [2.05, 4.69) is 91.8 Å². The summed E-state index contributed by atoms with van der Waals surface area (Å²) in [5.41, 5.74) is 11.9. The van der Waals surface area contributed by atoms with Gasteiger partial charge >= 0.3 is 0 Å². The Hall–Kier alpha value is -6.14. The molecule has 0 aromatic heterocycles. The zero-order chi connectivity index (χ0) is 38.7. The maximum Gasteiger partial charge on any atom is 0.182 e. The molecule has 2 heterocycles. The summed E-state index contributed by atoms with van der Waals surface area (Å²) in [6.45, 7) is 17.4. The lowest BCUT2D eigenvalue weighted by Gasteiger charge is -2.22. The summed E-state index contributed by atoms with van der Waals surface area (Å²) >= 11 is 0. The Morgan fingerprint density at radius 1 is 0.446 bits per heavy atom. The summed E-state index contributed by atoms with van der Waals surface area (Å²) < 4.78 is 11.9. The molecule has 0 spiro atoms. The van der Waals surface area contributed by atoms with Crippen molar-refractivity contribution >= 4 is 21.9 Å². The number of rotatable bonds is 2. The minimum absolute atomic E-state index is 0. The van der Waals surface area contributed by atoms with Crippen molar-refractivity contribution in [2.24, 2.45) is 0 Å². The van der Waals surface area contributed by atoms with Crippen LogP contribution in [0.4, 0.5) is 0 Å². The molecule has 0 atom stereocenters. The predicted molar refractivity (Wildman–Crippen MR) is 233 cm³/mol. The van der Waals surface area contributed by atoms with E-state index >= 15 is 0 Å². The number of hydrogen-bond donors (Lipinski definition) is 2. The molecule has 0 amide bonds. The fourth-order valence-electron chi connectivity index (χ4n) is 7.07. The minimum atomic E-state index is -0.100. The van der Waals surface area contributed by atoms with Gasteiger partial charge in [-0.25, -0.2) is 0 Å². The first kappa shape index (κ1) is 41.0. The zero-order valence-corrected chi connectivity index (χ0v) is 31.9. The maximum atomic E-state index is 11.9. The normalized spacial score (nSPS) is 11.6. The summed E-state index contributed by atoms with van der Waals surface area (Å²) in [7, 11) is 0. The van der Waals surface area contributed by atoms with Crippen molar-refractivity contribution in [3.8, 4) is 56.4 Å². The number of fused-ring (bicyclic) bond motifs is 4. The second kappa shape index (κ2) is 15.2. The van der Waals surface area contributed by atoms with Crippen molar-refractivity contribution in [1.82, 2.24) is 0 Å². The maximum absolute atomic E-state index is 11.9. The highest BCUT2D eigenvalue weighted by Crippen LogP contribution is 2.44. The molecule has 4 aliphatic rings. The van der Waals surface area contributed by atoms with E-state index in [1.54, 1.807) is 36.4 Å². The number of aromatic hydroxyl groups is 2. The van der Waals surface area contributed by atoms with E-state index < -0.39 is 0 Å². The van der Waals surface area contributed by atoms with Crippen molar-refractivity contribution < 1.29 is 19.0 Å². The van der Waals surface area contributed by atoms with Crippen LogP contribution in [-0.2, 0) is 10.8 Å². The average Bonchev–Trinajstić information content (AvgIpc) is 3.09. The quantitative estimate of drug-likeness (QED) is 0.171. The first-order chi connectivity index (χ1) is 25.5. The molecule has 2 aliphatic carbocycles. The molecule has 56 heavy (non-hydrogen) atoms. The summed E-state index contributed by atoms with van der Waals surface area (Å²) in [5, 5.41) is 21.6. The Morgan fingerprint density at radius 3 is 1.34 bits per heavy atom. The fraction of sp³-hybridized carbons (Fsp3) is 0.240. The Morgan fingerprint density at radius 2 is 0.875 bits per heavy atom. The first-order valence-electron chi connectivity index (χ1n) is 18.1. The van der Waals surface area contributed by atoms with Gasteiger partial charge < -0.3 is 19.0 Å². The lowest BCUT2D eigenvalue weighted by atomic mass is 9.83. The SMILES string of the molecule is C.C.Cc1cc(C(C)(C)C)ccc1-c1c2ccc(=O)cc-2oc2cc(O)ccc12.Cc1ccc(C(C)(C)C)cc1-c1c2ccc(=O)cc-2oc2cc(O)ccc12. The molecule has 0 saturated carbocycles. The van der Waals surface area contributed by atoms with Gasteiger partial charge in [-0.3, -0.25) is 9.59 Å². The summed E-state index contributed by atoms with van der Waals surface area (Å²) in [5.74, 6) is 1.32. The van der Waals surface area contributed by atoms with Crippen molar-refractivity contribution in [2.75, 3.05) is 0 Å². The fourth-order valence-corrected chi connectivity index (χ4v) is 7.07. The van der Waals surface area contributed by atoms with Gasteiger partial charge in [0.1, 0.15) is 34.2 Å². The lowest BCUT2D eigenvalue weighted by Crippen LogP contribution is -2.11. The van der Waals surface area contributed by atoms with E-state index in [4.69, 9.17) is 8.83 Å². The van der Waals surface area contributed by atoms with Crippen LogP contribution in [0.5, 0.6) is 11.5 Å². The van der Waals surface area contributed by atoms with Crippen molar-refractivity contribution in [1.29, 1.82) is 0 Å². The van der Waals surface area contributed by atoms with Crippen LogP contribution in [0, 0.1) is 13.8 Å². The Bertz CT molecular complexity index is 2770. The molecule has 2 N–H and O–H groups in total. The molecule has 6 heteroatoms. The van der Waals surface area contributed by atoms with Crippen LogP contribution in [0.3, 0.4) is 0 Å². The third kappa shape index (κ3) is 7.83. The summed E-state index contributed by atoms with van der Waals surface area (Å²) in [6.07, 6.45) is 0. The smallest absolute Gasteiger partial charge is 0.182 e. The molecule has 6 nitrogen and oxygen atoms in total. The Kier molecular flexibility index (Phi) is 11.1. The van der Waals surface area contributed by atoms with E-state index in [0.717, 1.165) is 55.3 Å². The van der Waals surface area contributed by atoms with Gasteiger partial charge in [0.25, 0.3) is 0 Å². The number of phenolic OH excluding ortho intramolecular Hbond substituents is 2. The number of hydrogen-bond acceptors (Lipinski definition) is 6. The summed E-state index contributed by atoms with van der Waals surface area (Å²) in [6, 6.07) is 33.1. The van der Waals surface area contributed by atoms with Crippen LogP contribution in [0.15, 0.2) is 128 Å². The van der Waals surface area contributed by atoms with E-state index in [1.807, 2.05) is 24.3 Å². The predicted octanol–water partition coefficient (Wildman–Crippen LogP) is 13.0. The highest BCUT2D eigenvalue weighted by molar-refractivity contribution is 6.04. The molecule has 2 aliphatic heterocycles. The number of benzene rings is 6. The van der Waals surface area contributed by atoms with Crippen LogP contribution in [0.25, 0.3) is 66.8 Å². The second-order valence-corrected chi connectivity index (χ2v) is 16.2. The molecule has 0 fully saturated rings. The highest BCUT2D eigenvalue weighted by atomic mass is 16.3. The minimum Gasteiger partial charge on any atom is -0.508 e. The monoisotopic (exact) mass is 748 g/mol. The molecule has 0 unspecified atom stereocenters. The van der Waals surface area contributed by atoms with Gasteiger partial charge in [-0.2, -0.15) is 0 Å². The molecule has 8 rings (SSSR count). The van der Waals surface area contributed by atoms with Gasteiger partial charge in [0, 0.05) is 57.3 Å². The van der Waals surface area contributed by atoms with Crippen LogP contribution in [0.1, 0.15) is 78.6 Å². The van der Waals surface area contributed by atoms with Gasteiger partial charge in [-0.1, -0.05) is 92.8 Å². The largest absolute Gasteiger partial charge is 0.508 e. The molecular formula is C50H52O6. The Labute approximate surface area is 329 Å². The standard InChI is InChI=1S/2C24H22O3.2CH4/c1-14-11-15(24(2,3)4)5-8-18(14)23-19-9-6-16(25)12-21(19)27-22-13-17(26)7-10-20(22)23;1-14-5-6-15(24(2,3)4)11-20(14)23-18-9-7-16(25)12-21(18)27-22-13-17(26)8-10-19(22)23;;/h2*5-13,25H,1-4H3;2*1H4. The lowest BCUT2D eigenvalue weighted by molar-refractivity contribution is 0.473. The average molecular weight is 749 g/mol. The van der Waals surface area contributed by atoms with Gasteiger partial charge in [0.05, 0.1) is 0 Å². The third-order valence-electron chi connectivity index (χ3n) is 10.1. The van der Waals surface area contributed by atoms with Gasteiger partial charge in [0.15, 0.2) is 10.9 Å². The van der Waals surface area contributed by atoms with Gasteiger partial charge in [-0.15, -0.1) is 0 Å². The number of phenols is 2. The summed E-state index contributed by atoms with van der Waals surface area (Å²) in [4.78, 5) is 23.7. The highest BCUT2D eigenvalue weighted by Gasteiger charge is 2.23. The molecular weight excluding hydrogens is 697 g/mol. The molecule has 0 bridgehead atoms. The van der Waals surface area contributed by atoms with Crippen LogP contribution < -0.4 is 10.9 Å². The van der Waals surface area contributed by atoms with Crippen molar-refractivity contribution in [3.63, 3.8) is 0 Å². The van der Waals surface area contributed by atoms with E-state index in [-0.39, 0.29) is 48.0 Å². The van der Waals surface area contributed by atoms with E-state index in [9.17, 15) is 19.8 Å². The first-order valence-corrected chi connectivity index (χ1v) is 18.1. The molecule has 4 aromatic rings. The third-order valence-corrected chi connectivity index (χ3v) is 10.1. The number of aryl methyl sites for hydroxylation is 2. The van der Waals surface area contributed by atoms with E-state index in [0.29, 0.717) is 22.7 Å². The molecule has 0 radical (unpaired) electrons. The molecule has 0 saturated heterocycles. The van der Waals surface area contributed by atoms with Crippen molar-refractivity contribution in [2.45, 2.75) is 81.1 Å². The topological polar surface area (TPSA) is 101 Å². The van der Waals surface area contributed by atoms with Gasteiger partial charge in [-0.05, 0) is 107 Å². The van der Waals surface area contributed by atoms with Gasteiger partial charge in [0.2, 0.25) is 0 Å². The second-order valence-electron chi connectivity index (χ2n) is 16.2. The van der Waals surface area contributed by atoms with E-state index in [1.165, 1.54) is 23.3 Å². The zero-order valence-electron chi connectivity index (χ0n) is 31.9. The Balaban J connectivity index is 0.000000207. The van der Waals surface area contributed by atoms with Crippen LogP contribution in [-0.4, -0.2) is 10.2 Å². The van der Waals surface area contributed by atoms with Crippen LogP contribution >= 0.6 is 0 Å². The molecule has 288 valence electrons. The van der Waals surface area contributed by atoms with Crippen molar-refractivity contribution in [3.05, 3.63) is 152 Å². The molecule has 4 aromatic carbocycles. The van der Waals surface area contributed by atoms with Crippen LogP contribution in [0.2, 0.25) is 0 Å².